The van der Waals surface area contributed by atoms with Crippen LogP contribution < -0.4 is 10.1 Å². The number of rotatable bonds is 7. The van der Waals surface area contributed by atoms with Crippen molar-refractivity contribution >= 4 is 16.8 Å². The van der Waals surface area contributed by atoms with Gasteiger partial charge in [0.05, 0.1) is 6.04 Å². The second-order valence-electron chi connectivity index (χ2n) is 7.44. The number of carbonyl (C=O) groups excluding carboxylic acids is 1. The van der Waals surface area contributed by atoms with Crippen LogP contribution in [0, 0.1) is 6.92 Å². The highest BCUT2D eigenvalue weighted by Gasteiger charge is 2.13. The molecule has 0 spiro atoms. The van der Waals surface area contributed by atoms with Gasteiger partial charge in [-0.15, -0.1) is 0 Å². The summed E-state index contributed by atoms with van der Waals surface area (Å²) >= 11 is 0. The number of ether oxygens (including phenoxy) is 1. The lowest BCUT2D eigenvalue weighted by Gasteiger charge is -2.16. The lowest BCUT2D eigenvalue weighted by atomic mass is 10.1. The highest BCUT2D eigenvalue weighted by molar-refractivity contribution is 5.84. The third kappa shape index (κ3) is 4.51. The Hall–Kier alpha value is -3.60. The van der Waals surface area contributed by atoms with Crippen molar-refractivity contribution in [1.82, 2.24) is 14.9 Å². The van der Waals surface area contributed by atoms with E-state index in [1.807, 2.05) is 73.0 Å². The molecule has 0 aliphatic rings. The first-order chi connectivity index (χ1) is 14.6. The highest BCUT2D eigenvalue weighted by Crippen LogP contribution is 2.21. The Bertz CT molecular complexity index is 1130. The van der Waals surface area contributed by atoms with Crippen LogP contribution in [0.25, 0.3) is 10.9 Å². The standard InChI is InChI=1S/C25H25N3O2/c1-18-14-22-7-3-4-8-24(22)28(18)16-25(29)27-19(2)21-9-11-23(12-10-21)30-17-20-6-5-13-26-15-20/h3-15,19H,16-17H2,1-2H3,(H,27,29). The van der Waals surface area contributed by atoms with Gasteiger partial charge >= 0.3 is 0 Å². The Morgan fingerprint density at radius 3 is 2.67 bits per heavy atom. The van der Waals surface area contributed by atoms with E-state index in [0.29, 0.717) is 13.2 Å². The van der Waals surface area contributed by atoms with E-state index in [0.717, 1.165) is 33.5 Å². The van der Waals surface area contributed by atoms with Crippen LogP contribution in [0.4, 0.5) is 0 Å². The quantitative estimate of drug-likeness (QED) is 0.486. The molecule has 5 nitrogen and oxygen atoms in total. The van der Waals surface area contributed by atoms with Crippen molar-refractivity contribution in [1.29, 1.82) is 0 Å². The molecule has 2 aromatic heterocycles. The summed E-state index contributed by atoms with van der Waals surface area (Å²) in [5.41, 5.74) is 4.21. The molecule has 4 rings (SSSR count). The number of fused-ring (bicyclic) bond motifs is 1. The number of aryl methyl sites for hydroxylation is 1. The number of nitrogens with one attached hydrogen (secondary N) is 1. The highest BCUT2D eigenvalue weighted by atomic mass is 16.5. The normalized spacial score (nSPS) is 11.9. The molecule has 1 unspecified atom stereocenters. The van der Waals surface area contributed by atoms with Crippen molar-refractivity contribution < 1.29 is 9.53 Å². The zero-order chi connectivity index (χ0) is 20.9. The molecule has 0 bridgehead atoms. The molecule has 4 aromatic rings. The van der Waals surface area contributed by atoms with E-state index < -0.39 is 0 Å². The first-order valence-electron chi connectivity index (χ1n) is 10.1. The lowest BCUT2D eigenvalue weighted by molar-refractivity contribution is -0.122. The van der Waals surface area contributed by atoms with E-state index in [1.54, 1.807) is 12.4 Å². The van der Waals surface area contributed by atoms with Gasteiger partial charge in [0.25, 0.3) is 0 Å². The molecule has 0 fully saturated rings. The fraction of sp³-hybridized carbons (Fsp3) is 0.200. The number of benzene rings is 2. The van der Waals surface area contributed by atoms with E-state index in [1.165, 1.54) is 0 Å². The van der Waals surface area contributed by atoms with Crippen LogP contribution in [-0.4, -0.2) is 15.5 Å². The van der Waals surface area contributed by atoms with Gasteiger partial charge in [-0.1, -0.05) is 36.4 Å². The lowest BCUT2D eigenvalue weighted by Crippen LogP contribution is -2.30. The number of amides is 1. The molecule has 0 aliphatic carbocycles. The molecule has 1 amide bonds. The second-order valence-corrected chi connectivity index (χ2v) is 7.44. The van der Waals surface area contributed by atoms with Crippen LogP contribution >= 0.6 is 0 Å². The van der Waals surface area contributed by atoms with Crippen LogP contribution in [0.15, 0.2) is 79.1 Å². The van der Waals surface area contributed by atoms with Crippen LogP contribution in [-0.2, 0) is 17.9 Å². The molecule has 1 atom stereocenters. The summed E-state index contributed by atoms with van der Waals surface area (Å²) < 4.78 is 7.85. The summed E-state index contributed by atoms with van der Waals surface area (Å²) in [6.45, 7) is 4.80. The monoisotopic (exact) mass is 399 g/mol. The van der Waals surface area contributed by atoms with E-state index >= 15 is 0 Å². The predicted octanol–water partition coefficient (Wildman–Crippen LogP) is 4.80. The molecule has 152 valence electrons. The van der Waals surface area contributed by atoms with Gasteiger partial charge in [0, 0.05) is 29.2 Å². The van der Waals surface area contributed by atoms with Crippen molar-refractivity contribution in [3.63, 3.8) is 0 Å². The summed E-state index contributed by atoms with van der Waals surface area (Å²) in [6, 6.07) is 21.8. The fourth-order valence-corrected chi connectivity index (χ4v) is 3.58. The molecule has 30 heavy (non-hydrogen) atoms. The minimum absolute atomic E-state index is 0.0103. The summed E-state index contributed by atoms with van der Waals surface area (Å²) in [4.78, 5) is 16.7. The maximum Gasteiger partial charge on any atom is 0.240 e. The van der Waals surface area contributed by atoms with Crippen molar-refractivity contribution in [2.75, 3.05) is 0 Å². The first kappa shape index (κ1) is 19.7. The molecule has 0 aliphatic heterocycles. The average molecular weight is 399 g/mol. The first-order valence-corrected chi connectivity index (χ1v) is 10.1. The van der Waals surface area contributed by atoms with Gasteiger partial charge < -0.3 is 14.6 Å². The molecule has 2 aromatic carbocycles. The van der Waals surface area contributed by atoms with Gasteiger partial charge in [-0.2, -0.15) is 0 Å². The van der Waals surface area contributed by atoms with Crippen molar-refractivity contribution in [2.24, 2.45) is 0 Å². The maximum absolute atomic E-state index is 12.7. The van der Waals surface area contributed by atoms with Crippen LogP contribution in [0.2, 0.25) is 0 Å². The largest absolute Gasteiger partial charge is 0.489 e. The van der Waals surface area contributed by atoms with Crippen molar-refractivity contribution in [3.8, 4) is 5.75 Å². The van der Waals surface area contributed by atoms with E-state index in [9.17, 15) is 4.79 Å². The molecular weight excluding hydrogens is 374 g/mol. The predicted molar refractivity (Wildman–Crippen MR) is 118 cm³/mol. The molecule has 0 saturated carbocycles. The average Bonchev–Trinajstić information content (AvgIpc) is 3.08. The summed E-state index contributed by atoms with van der Waals surface area (Å²) in [6.07, 6.45) is 3.54. The Kier molecular flexibility index (Phi) is 5.80. The molecule has 5 heteroatoms. The van der Waals surface area contributed by atoms with Crippen LogP contribution in [0.5, 0.6) is 5.75 Å². The smallest absolute Gasteiger partial charge is 0.240 e. The third-order valence-electron chi connectivity index (χ3n) is 5.21. The second kappa shape index (κ2) is 8.82. The number of hydrogen-bond donors (Lipinski definition) is 1. The van der Waals surface area contributed by atoms with Crippen LogP contribution in [0.3, 0.4) is 0 Å². The van der Waals surface area contributed by atoms with E-state index in [-0.39, 0.29) is 11.9 Å². The fourth-order valence-electron chi connectivity index (χ4n) is 3.58. The molecule has 0 saturated heterocycles. The number of hydrogen-bond acceptors (Lipinski definition) is 3. The van der Waals surface area contributed by atoms with E-state index in [4.69, 9.17) is 4.74 Å². The Labute approximate surface area is 176 Å². The number of pyridine rings is 1. The van der Waals surface area contributed by atoms with Gasteiger partial charge in [-0.25, -0.2) is 0 Å². The zero-order valence-corrected chi connectivity index (χ0v) is 17.2. The Morgan fingerprint density at radius 1 is 1.10 bits per heavy atom. The number of carbonyl (C=O) groups is 1. The van der Waals surface area contributed by atoms with Crippen molar-refractivity contribution in [2.45, 2.75) is 33.0 Å². The molecule has 0 radical (unpaired) electrons. The minimum Gasteiger partial charge on any atom is -0.489 e. The van der Waals surface area contributed by atoms with Crippen molar-refractivity contribution in [3.05, 3.63) is 95.9 Å². The van der Waals surface area contributed by atoms with Gasteiger partial charge in [-0.3, -0.25) is 9.78 Å². The van der Waals surface area contributed by atoms with Gasteiger partial charge in [0.2, 0.25) is 5.91 Å². The topological polar surface area (TPSA) is 56.2 Å². The van der Waals surface area contributed by atoms with E-state index in [2.05, 4.69) is 22.4 Å². The van der Waals surface area contributed by atoms with Gasteiger partial charge in [0.1, 0.15) is 18.9 Å². The zero-order valence-electron chi connectivity index (χ0n) is 17.2. The molecule has 2 heterocycles. The van der Waals surface area contributed by atoms with Crippen LogP contribution in [0.1, 0.15) is 29.8 Å². The SMILES string of the molecule is Cc1cc2ccccc2n1CC(=O)NC(C)c1ccc(OCc2cccnc2)cc1. The summed E-state index contributed by atoms with van der Waals surface area (Å²) in [5, 5.41) is 4.25. The molecular formula is C25H25N3O2. The van der Waals surface area contributed by atoms with Gasteiger partial charge in [-0.05, 0) is 55.1 Å². The molecule has 1 N–H and O–H groups in total. The summed E-state index contributed by atoms with van der Waals surface area (Å²) in [7, 11) is 0. The summed E-state index contributed by atoms with van der Waals surface area (Å²) in [5.74, 6) is 0.777. The number of aromatic nitrogens is 2. The van der Waals surface area contributed by atoms with Gasteiger partial charge in [0.15, 0.2) is 0 Å². The number of para-hydroxylation sites is 1. The maximum atomic E-state index is 12.7. The Morgan fingerprint density at radius 2 is 1.90 bits per heavy atom. The Balaban J connectivity index is 1.35. The third-order valence-corrected chi connectivity index (χ3v) is 5.21. The number of nitrogens with zero attached hydrogens (tertiary/aromatic N) is 2. The minimum atomic E-state index is -0.0907.